The number of Topliss-reactive ketones (excluding diaryl/α,β-unsaturated/α-hetero) is 1. The van der Waals surface area contributed by atoms with Gasteiger partial charge < -0.3 is 35.0 Å². The highest BCUT2D eigenvalue weighted by Crippen LogP contribution is 2.46. The van der Waals surface area contributed by atoms with Crippen molar-refractivity contribution in [2.45, 2.75) is 48.6 Å². The average molecular weight is 525 g/mol. The first kappa shape index (κ1) is 25.2. The van der Waals surface area contributed by atoms with Gasteiger partial charge in [0.15, 0.2) is 39.2 Å². The number of rotatable bonds is 7. The molecular formula is C21H23N3O11S. The number of sulfone groups is 1. The number of hydrogen-bond acceptors (Lipinski definition) is 11. The molecule has 0 aromatic heterocycles. The lowest BCUT2D eigenvalue weighted by Gasteiger charge is -2.35. The lowest BCUT2D eigenvalue weighted by molar-refractivity contribution is -0.158. The molecule has 15 heteroatoms. The molecule has 2 amide bonds. The van der Waals surface area contributed by atoms with Crippen molar-refractivity contribution in [3.05, 3.63) is 23.8 Å². The van der Waals surface area contributed by atoms with Crippen LogP contribution in [0.4, 0.5) is 4.79 Å². The maximum absolute atomic E-state index is 12.8. The number of fused-ring (bicyclic) bond motifs is 1. The zero-order valence-electron chi connectivity index (χ0n) is 19.1. The average Bonchev–Trinajstić information content (AvgIpc) is 3.25. The van der Waals surface area contributed by atoms with Gasteiger partial charge in [0, 0.05) is 0 Å². The molecule has 4 N–H and O–H groups in total. The van der Waals surface area contributed by atoms with Crippen LogP contribution in [0.5, 0.6) is 11.5 Å². The van der Waals surface area contributed by atoms with Crippen molar-refractivity contribution in [2.75, 3.05) is 13.2 Å². The van der Waals surface area contributed by atoms with Crippen molar-refractivity contribution in [1.29, 1.82) is 0 Å². The van der Waals surface area contributed by atoms with Gasteiger partial charge in [0.2, 0.25) is 11.8 Å². The number of nitrogens with one attached hydrogen (secondary N) is 1. The molecule has 2 fully saturated rings. The second-order valence-corrected chi connectivity index (χ2v) is 11.4. The number of carboxylic acid groups (broad SMARTS) is 1. The van der Waals surface area contributed by atoms with Crippen molar-refractivity contribution in [1.82, 2.24) is 10.2 Å². The minimum absolute atomic E-state index is 0.0740. The topological polar surface area (TPSA) is 209 Å². The summed E-state index contributed by atoms with van der Waals surface area (Å²) in [4.78, 5) is 53.2. The molecule has 0 aliphatic carbocycles. The molecule has 0 unspecified atom stereocenters. The molecule has 194 valence electrons. The third-order valence-electron chi connectivity index (χ3n) is 6.52. The smallest absolute Gasteiger partial charge is 0.407 e. The summed E-state index contributed by atoms with van der Waals surface area (Å²) in [5.41, 5.74) is 0.0757. The number of aliphatic imine (C=N–C) groups is 1. The fourth-order valence-corrected chi connectivity index (χ4v) is 6.74. The Kier molecular flexibility index (Phi) is 6.06. The van der Waals surface area contributed by atoms with Crippen molar-refractivity contribution >= 4 is 39.5 Å². The Bertz CT molecular complexity index is 1290. The van der Waals surface area contributed by atoms with Crippen LogP contribution >= 0.6 is 0 Å². The van der Waals surface area contributed by atoms with E-state index in [0.717, 1.165) is 11.8 Å². The number of amides is 2. The van der Waals surface area contributed by atoms with E-state index in [9.17, 15) is 42.9 Å². The second kappa shape index (κ2) is 8.65. The first-order chi connectivity index (χ1) is 16.8. The van der Waals surface area contributed by atoms with Gasteiger partial charge in [-0.3, -0.25) is 9.59 Å². The van der Waals surface area contributed by atoms with Crippen LogP contribution in [0.2, 0.25) is 0 Å². The van der Waals surface area contributed by atoms with Crippen LogP contribution in [-0.4, -0.2) is 99.7 Å². The zero-order chi connectivity index (χ0) is 26.6. The molecule has 3 heterocycles. The zero-order valence-corrected chi connectivity index (χ0v) is 19.9. The number of aliphatic carboxylic acids is 1. The van der Waals surface area contributed by atoms with Crippen LogP contribution in [0.15, 0.2) is 23.2 Å². The fraction of sp³-hybridized carbons (Fsp3) is 0.476. The third kappa shape index (κ3) is 3.79. The quantitative estimate of drug-likeness (QED) is 0.254. The molecule has 1 aromatic rings. The number of hydrogen-bond donors (Lipinski definition) is 4. The summed E-state index contributed by atoms with van der Waals surface area (Å²) in [5.74, 6) is -3.70. The minimum atomic E-state index is -4.16. The molecule has 14 nitrogen and oxygen atoms in total. The third-order valence-corrected chi connectivity index (χ3v) is 9.27. The van der Waals surface area contributed by atoms with E-state index >= 15 is 0 Å². The summed E-state index contributed by atoms with van der Waals surface area (Å²) in [5, 5.41) is 30.0. The van der Waals surface area contributed by atoms with E-state index < -0.39 is 86.5 Å². The van der Waals surface area contributed by atoms with Gasteiger partial charge in [0.25, 0.3) is 0 Å². The Morgan fingerprint density at radius 2 is 2.00 bits per heavy atom. The summed E-state index contributed by atoms with van der Waals surface area (Å²) < 4.78 is 34.0. The monoisotopic (exact) mass is 525 g/mol. The predicted molar refractivity (Wildman–Crippen MR) is 119 cm³/mol. The SMILES string of the molecule is C[C@H]1OC(c2cccc(O)c2O)=N[C@@H]1C(=O)CNC(=O)OC[C@@]1(C)[C@H](C(=O)O)N2C(=O)C[C@H]2S1(=O)=O. The summed E-state index contributed by atoms with van der Waals surface area (Å²) in [6, 6.07) is 1.36. The van der Waals surface area contributed by atoms with Gasteiger partial charge in [-0.1, -0.05) is 6.07 Å². The number of benzene rings is 1. The molecule has 5 atom stereocenters. The molecular weight excluding hydrogens is 502 g/mol. The molecule has 0 saturated carbocycles. The molecule has 3 aliphatic heterocycles. The van der Waals surface area contributed by atoms with E-state index in [1.807, 2.05) is 0 Å². The number of phenols is 2. The highest BCUT2D eigenvalue weighted by atomic mass is 32.2. The molecule has 2 saturated heterocycles. The summed E-state index contributed by atoms with van der Waals surface area (Å²) in [7, 11) is -4.16. The van der Waals surface area contributed by atoms with Gasteiger partial charge in [0.1, 0.15) is 22.8 Å². The number of alkyl carbamates (subject to hydrolysis) is 1. The first-order valence-corrected chi connectivity index (χ1v) is 12.3. The van der Waals surface area contributed by atoms with E-state index in [1.54, 1.807) is 6.92 Å². The van der Waals surface area contributed by atoms with Gasteiger partial charge in [-0.05, 0) is 26.0 Å². The Morgan fingerprint density at radius 3 is 2.64 bits per heavy atom. The first-order valence-electron chi connectivity index (χ1n) is 10.8. The maximum Gasteiger partial charge on any atom is 0.407 e. The largest absolute Gasteiger partial charge is 0.504 e. The van der Waals surface area contributed by atoms with E-state index in [0.29, 0.717) is 0 Å². The predicted octanol–water partition coefficient (Wildman–Crippen LogP) is -0.874. The summed E-state index contributed by atoms with van der Waals surface area (Å²) >= 11 is 0. The van der Waals surface area contributed by atoms with Crippen molar-refractivity contribution in [2.24, 2.45) is 4.99 Å². The van der Waals surface area contributed by atoms with Gasteiger partial charge in [-0.25, -0.2) is 23.0 Å². The number of aromatic hydroxyl groups is 2. The van der Waals surface area contributed by atoms with Crippen LogP contribution in [-0.2, 0) is 33.7 Å². The minimum Gasteiger partial charge on any atom is -0.504 e. The number of carbonyl (C=O) groups is 4. The standard InChI is InChI=1S/C21H23N3O11S/c1-9-15(23-18(35-9)10-4-3-5-11(25)16(10)28)12(26)7-22-20(31)34-8-21(2)17(19(29)30)24-13(27)6-14(24)36(21,32)33/h3-5,9,14-15,17,25,28H,6-8H2,1-2H3,(H,22,31)(H,29,30)/t9-,14-,15+,17+,21+/m1/s1. The van der Waals surface area contributed by atoms with E-state index in [1.165, 1.54) is 18.2 Å². The maximum atomic E-state index is 12.8. The lowest BCUT2D eigenvalue weighted by atomic mass is 9.97. The number of carbonyl (C=O) groups excluding carboxylic acids is 3. The number of ketones is 1. The Balaban J connectivity index is 1.38. The van der Waals surface area contributed by atoms with Gasteiger partial charge in [-0.15, -0.1) is 0 Å². The van der Waals surface area contributed by atoms with Crippen molar-refractivity contribution in [3.63, 3.8) is 0 Å². The molecule has 0 bridgehead atoms. The molecule has 0 radical (unpaired) electrons. The van der Waals surface area contributed by atoms with Crippen LogP contribution in [0.25, 0.3) is 0 Å². The van der Waals surface area contributed by atoms with E-state index in [4.69, 9.17) is 9.47 Å². The van der Waals surface area contributed by atoms with Crippen LogP contribution in [0.1, 0.15) is 25.8 Å². The van der Waals surface area contributed by atoms with Crippen LogP contribution in [0, 0.1) is 0 Å². The molecule has 4 rings (SSSR count). The highest BCUT2D eigenvalue weighted by Gasteiger charge is 2.70. The second-order valence-electron chi connectivity index (χ2n) is 8.83. The molecule has 0 spiro atoms. The van der Waals surface area contributed by atoms with E-state index in [2.05, 4.69) is 10.3 Å². The lowest BCUT2D eigenvalue weighted by Crippen LogP contribution is -2.58. The van der Waals surface area contributed by atoms with Gasteiger partial charge in [0.05, 0.1) is 18.5 Å². The van der Waals surface area contributed by atoms with Crippen molar-refractivity contribution in [3.8, 4) is 11.5 Å². The number of carboxylic acids is 1. The summed E-state index contributed by atoms with van der Waals surface area (Å²) in [6.07, 6.45) is -2.27. The van der Waals surface area contributed by atoms with E-state index in [-0.39, 0.29) is 17.9 Å². The van der Waals surface area contributed by atoms with Gasteiger partial charge in [-0.2, -0.15) is 0 Å². The number of ether oxygens (including phenoxy) is 2. The Labute approximate surface area is 204 Å². The molecule has 3 aliphatic rings. The summed E-state index contributed by atoms with van der Waals surface area (Å²) in [6.45, 7) is 1.21. The number of para-hydroxylation sites is 1. The number of β-lactam (4-membered cyclic amide) rings is 1. The fourth-order valence-electron chi connectivity index (χ4n) is 4.47. The molecule has 36 heavy (non-hydrogen) atoms. The van der Waals surface area contributed by atoms with Crippen molar-refractivity contribution < 1.29 is 52.4 Å². The normalized spacial score (nSPS) is 30.0. The van der Waals surface area contributed by atoms with Crippen LogP contribution in [0.3, 0.4) is 0 Å². The number of phenolic OH excluding ortho intramolecular Hbond substituents is 2. The van der Waals surface area contributed by atoms with Gasteiger partial charge >= 0.3 is 12.1 Å². The number of nitrogens with zero attached hydrogens (tertiary/aromatic N) is 2. The molecule has 1 aromatic carbocycles. The van der Waals surface area contributed by atoms with Crippen LogP contribution < -0.4 is 5.32 Å². The Hall–Kier alpha value is -3.88. The highest BCUT2D eigenvalue weighted by molar-refractivity contribution is 7.94. The Morgan fingerprint density at radius 1 is 1.31 bits per heavy atom.